The van der Waals surface area contributed by atoms with Crippen LogP contribution in [0.2, 0.25) is 5.02 Å². The number of methoxy groups -OCH3 is 1. The smallest absolute Gasteiger partial charge is 0.206 e. The van der Waals surface area contributed by atoms with E-state index >= 15 is 0 Å². The van der Waals surface area contributed by atoms with E-state index in [0.717, 1.165) is 11.3 Å². The van der Waals surface area contributed by atoms with Crippen molar-refractivity contribution in [2.75, 3.05) is 25.7 Å². The van der Waals surface area contributed by atoms with Gasteiger partial charge in [0.15, 0.2) is 0 Å². The topological polar surface area (TPSA) is 27.7 Å². The first-order valence-electron chi connectivity index (χ1n) is 4.90. The van der Waals surface area contributed by atoms with Crippen LogP contribution in [0.25, 0.3) is 0 Å². The van der Waals surface area contributed by atoms with Gasteiger partial charge in [0.25, 0.3) is 0 Å². The molecule has 0 radical (unpaired) electrons. The molecule has 2 rings (SSSR count). The minimum atomic E-state index is -0.761. The lowest BCUT2D eigenvalue weighted by Crippen LogP contribution is -2.29. The van der Waals surface area contributed by atoms with E-state index in [4.69, 9.17) is 25.8 Å². The van der Waals surface area contributed by atoms with Gasteiger partial charge < -0.3 is 14.2 Å². The molecule has 1 saturated heterocycles. The molecule has 1 aromatic rings. The third kappa shape index (κ3) is 2.07. The molecule has 1 aliphatic rings. The first-order valence-corrected chi connectivity index (χ1v) is 6.40. The van der Waals surface area contributed by atoms with Crippen LogP contribution in [0.15, 0.2) is 18.2 Å². The van der Waals surface area contributed by atoms with E-state index in [0.29, 0.717) is 23.6 Å². The van der Waals surface area contributed by atoms with E-state index in [-0.39, 0.29) is 0 Å². The van der Waals surface area contributed by atoms with Crippen molar-refractivity contribution in [3.8, 4) is 5.75 Å². The van der Waals surface area contributed by atoms with E-state index in [1.165, 1.54) is 0 Å². The molecule has 1 fully saturated rings. The zero-order valence-electron chi connectivity index (χ0n) is 8.83. The van der Waals surface area contributed by atoms with Crippen LogP contribution in [0.5, 0.6) is 5.75 Å². The molecule has 0 saturated carbocycles. The molecule has 88 valence electrons. The van der Waals surface area contributed by atoms with Gasteiger partial charge in [-0.15, -0.1) is 0 Å². The Hall–Kier alpha value is -0.290. The second-order valence-corrected chi connectivity index (χ2v) is 4.40. The molecule has 1 aromatic carbocycles. The van der Waals surface area contributed by atoms with Gasteiger partial charge in [-0.1, -0.05) is 27.5 Å². The van der Waals surface area contributed by atoms with E-state index in [1.54, 1.807) is 13.2 Å². The summed E-state index contributed by atoms with van der Waals surface area (Å²) in [6.45, 7) is 1.15. The molecule has 1 heterocycles. The van der Waals surface area contributed by atoms with E-state index in [2.05, 4.69) is 15.9 Å². The van der Waals surface area contributed by atoms with Crippen LogP contribution in [0.3, 0.4) is 0 Å². The summed E-state index contributed by atoms with van der Waals surface area (Å²) in [6, 6.07) is 5.47. The third-order valence-corrected chi connectivity index (χ3v) is 3.57. The third-order valence-electron chi connectivity index (χ3n) is 2.52. The van der Waals surface area contributed by atoms with Crippen molar-refractivity contribution in [1.29, 1.82) is 0 Å². The van der Waals surface area contributed by atoms with Gasteiger partial charge in [0.2, 0.25) is 5.79 Å². The summed E-state index contributed by atoms with van der Waals surface area (Å²) in [5.74, 6) is -0.0416. The van der Waals surface area contributed by atoms with Crippen molar-refractivity contribution in [2.45, 2.75) is 5.79 Å². The Kier molecular flexibility index (Phi) is 3.74. The van der Waals surface area contributed by atoms with Crippen LogP contribution in [-0.2, 0) is 15.3 Å². The molecule has 0 N–H and O–H groups in total. The molecular weight excluding hydrogens is 295 g/mol. The Labute approximate surface area is 108 Å². The Balaban J connectivity index is 2.38. The maximum atomic E-state index is 6.20. The molecule has 1 aliphatic heterocycles. The zero-order valence-corrected chi connectivity index (χ0v) is 11.2. The van der Waals surface area contributed by atoms with E-state index in [9.17, 15) is 0 Å². The lowest BCUT2D eigenvalue weighted by molar-refractivity contribution is -0.144. The molecule has 0 aliphatic carbocycles. The van der Waals surface area contributed by atoms with Crippen LogP contribution in [0.1, 0.15) is 5.56 Å². The van der Waals surface area contributed by atoms with Crippen LogP contribution in [0.4, 0.5) is 0 Å². The number of hydrogen-bond donors (Lipinski definition) is 0. The highest BCUT2D eigenvalue weighted by molar-refractivity contribution is 9.09. The molecular formula is C11H12BrClO3. The average molecular weight is 308 g/mol. The highest BCUT2D eigenvalue weighted by Gasteiger charge is 2.39. The summed E-state index contributed by atoms with van der Waals surface area (Å²) in [5, 5.41) is 1.13. The van der Waals surface area contributed by atoms with Crippen LogP contribution in [0, 0.1) is 0 Å². The lowest BCUT2D eigenvalue weighted by atomic mass is 10.1. The Bertz CT molecular complexity index is 377. The molecule has 5 heteroatoms. The monoisotopic (exact) mass is 306 g/mol. The van der Waals surface area contributed by atoms with Crippen molar-refractivity contribution < 1.29 is 14.2 Å². The Morgan fingerprint density at radius 3 is 2.62 bits per heavy atom. The van der Waals surface area contributed by atoms with Crippen LogP contribution in [-0.4, -0.2) is 25.7 Å². The number of ether oxygens (including phenoxy) is 3. The van der Waals surface area contributed by atoms with Gasteiger partial charge in [-0.05, 0) is 18.2 Å². The molecule has 0 bridgehead atoms. The van der Waals surface area contributed by atoms with Gasteiger partial charge >= 0.3 is 0 Å². The number of alkyl halides is 1. The maximum absolute atomic E-state index is 6.20. The van der Waals surface area contributed by atoms with E-state index in [1.807, 2.05) is 12.1 Å². The van der Waals surface area contributed by atoms with Gasteiger partial charge in [0.05, 0.1) is 30.7 Å². The Morgan fingerprint density at radius 1 is 1.44 bits per heavy atom. The summed E-state index contributed by atoms with van der Waals surface area (Å²) >= 11 is 9.60. The number of halogens is 2. The molecule has 16 heavy (non-hydrogen) atoms. The van der Waals surface area contributed by atoms with Gasteiger partial charge in [-0.2, -0.15) is 0 Å². The van der Waals surface area contributed by atoms with Gasteiger partial charge in [-0.3, -0.25) is 0 Å². The molecule has 0 aromatic heterocycles. The summed E-state index contributed by atoms with van der Waals surface area (Å²) in [7, 11) is 1.61. The normalized spacial score (nSPS) is 18.7. The zero-order chi connectivity index (χ0) is 11.6. The maximum Gasteiger partial charge on any atom is 0.206 e. The predicted molar refractivity (Wildman–Crippen MR) is 65.4 cm³/mol. The second kappa shape index (κ2) is 4.92. The minimum Gasteiger partial charge on any atom is -0.497 e. The number of rotatable bonds is 3. The molecule has 0 amide bonds. The molecule has 0 unspecified atom stereocenters. The van der Waals surface area contributed by atoms with Gasteiger partial charge in [0, 0.05) is 5.56 Å². The average Bonchev–Trinajstić information content (AvgIpc) is 2.78. The fourth-order valence-corrected chi connectivity index (χ4v) is 2.63. The molecule has 3 nitrogen and oxygen atoms in total. The van der Waals surface area contributed by atoms with Crippen molar-refractivity contribution in [2.24, 2.45) is 0 Å². The SMILES string of the molecule is COc1ccc(C2(CBr)OCCO2)c(Cl)c1. The van der Waals surface area contributed by atoms with Gasteiger partial charge in [-0.25, -0.2) is 0 Å². The number of benzene rings is 1. The quantitative estimate of drug-likeness (QED) is 0.804. The van der Waals surface area contributed by atoms with Crippen molar-refractivity contribution >= 4 is 27.5 Å². The summed E-state index contributed by atoms with van der Waals surface area (Å²) in [5.41, 5.74) is 0.823. The van der Waals surface area contributed by atoms with Crippen molar-refractivity contribution in [3.05, 3.63) is 28.8 Å². The van der Waals surface area contributed by atoms with Crippen LogP contribution >= 0.6 is 27.5 Å². The number of hydrogen-bond acceptors (Lipinski definition) is 3. The first kappa shape index (κ1) is 12.2. The fraction of sp³-hybridized carbons (Fsp3) is 0.455. The second-order valence-electron chi connectivity index (χ2n) is 3.43. The van der Waals surface area contributed by atoms with Crippen molar-refractivity contribution in [3.63, 3.8) is 0 Å². The summed E-state index contributed by atoms with van der Waals surface area (Å²) < 4.78 is 16.4. The molecule has 0 spiro atoms. The van der Waals surface area contributed by atoms with Crippen LogP contribution < -0.4 is 4.74 Å². The summed E-state index contributed by atoms with van der Waals surface area (Å²) in [4.78, 5) is 0. The van der Waals surface area contributed by atoms with Crippen molar-refractivity contribution in [1.82, 2.24) is 0 Å². The van der Waals surface area contributed by atoms with Gasteiger partial charge in [0.1, 0.15) is 5.75 Å². The summed E-state index contributed by atoms with van der Waals surface area (Å²) in [6.07, 6.45) is 0. The first-order chi connectivity index (χ1) is 7.72. The lowest BCUT2D eigenvalue weighted by Gasteiger charge is -2.26. The standard InChI is InChI=1S/C11H12BrClO3/c1-14-8-2-3-9(10(13)6-8)11(7-12)15-4-5-16-11/h2-3,6H,4-5,7H2,1H3. The fourth-order valence-electron chi connectivity index (χ4n) is 1.69. The largest absolute Gasteiger partial charge is 0.497 e. The predicted octanol–water partition coefficient (Wildman–Crippen LogP) is 2.94. The minimum absolute atomic E-state index is 0.548. The Morgan fingerprint density at radius 2 is 2.12 bits per heavy atom. The molecule has 0 atom stereocenters. The highest BCUT2D eigenvalue weighted by Crippen LogP contribution is 2.38. The highest BCUT2D eigenvalue weighted by atomic mass is 79.9. The van der Waals surface area contributed by atoms with E-state index < -0.39 is 5.79 Å².